The molecule has 0 fully saturated rings. The number of nitrogens with zero attached hydrogens (tertiary/aromatic N) is 1. The van der Waals surface area contributed by atoms with Crippen LogP contribution >= 0.6 is 23.2 Å². The van der Waals surface area contributed by atoms with Crippen LogP contribution in [0.2, 0.25) is 10.0 Å². The first-order chi connectivity index (χ1) is 11.8. The fraction of sp³-hybridized carbons (Fsp3) is 0.0667. The van der Waals surface area contributed by atoms with Gasteiger partial charge in [-0.1, -0.05) is 23.2 Å². The van der Waals surface area contributed by atoms with E-state index in [1.165, 1.54) is 30.3 Å². The van der Waals surface area contributed by atoms with Crippen molar-refractivity contribution in [3.8, 4) is 0 Å². The first-order valence-corrected chi connectivity index (χ1v) is 7.49. The molecular formula is C15H11Cl2N3O5. The monoisotopic (exact) mass is 383 g/mol. The lowest BCUT2D eigenvalue weighted by molar-refractivity contribution is -0.383. The first kappa shape index (κ1) is 18.5. The lowest BCUT2D eigenvalue weighted by Crippen LogP contribution is -2.21. The van der Waals surface area contributed by atoms with Gasteiger partial charge in [-0.15, -0.1) is 0 Å². The van der Waals surface area contributed by atoms with Crippen LogP contribution in [0, 0.1) is 10.1 Å². The van der Waals surface area contributed by atoms with E-state index < -0.39 is 23.4 Å². The van der Waals surface area contributed by atoms with Crippen LogP contribution in [-0.2, 0) is 9.53 Å². The highest BCUT2D eigenvalue weighted by Crippen LogP contribution is 2.27. The van der Waals surface area contributed by atoms with Crippen LogP contribution in [0.25, 0.3) is 0 Å². The second-order valence-electron chi connectivity index (χ2n) is 4.77. The molecule has 2 aromatic carbocycles. The molecule has 2 rings (SSSR count). The molecule has 0 unspecified atom stereocenters. The van der Waals surface area contributed by atoms with Gasteiger partial charge in [-0.3, -0.25) is 14.9 Å². The molecule has 3 N–H and O–H groups in total. The maximum absolute atomic E-state index is 11.9. The van der Waals surface area contributed by atoms with Gasteiger partial charge in [0.25, 0.3) is 11.6 Å². The number of benzene rings is 2. The molecule has 0 heterocycles. The Morgan fingerprint density at radius 2 is 1.80 bits per heavy atom. The largest absolute Gasteiger partial charge is 0.452 e. The van der Waals surface area contributed by atoms with Crippen molar-refractivity contribution in [1.82, 2.24) is 0 Å². The molecule has 0 atom stereocenters. The summed E-state index contributed by atoms with van der Waals surface area (Å²) in [6, 6.07) is 7.87. The van der Waals surface area contributed by atoms with Crippen molar-refractivity contribution < 1.29 is 19.2 Å². The summed E-state index contributed by atoms with van der Waals surface area (Å²) in [6.45, 7) is -0.662. The van der Waals surface area contributed by atoms with Crippen LogP contribution in [-0.4, -0.2) is 23.4 Å². The van der Waals surface area contributed by atoms with Gasteiger partial charge in [-0.05, 0) is 30.3 Å². The van der Waals surface area contributed by atoms with E-state index in [2.05, 4.69) is 5.32 Å². The van der Waals surface area contributed by atoms with Crippen LogP contribution in [0.3, 0.4) is 0 Å². The number of nitro benzene ring substituents is 1. The Balaban J connectivity index is 2.03. The number of nitrogens with one attached hydrogen (secondary N) is 1. The number of carbonyl (C=O) groups is 2. The zero-order chi connectivity index (χ0) is 18.6. The predicted molar refractivity (Wildman–Crippen MR) is 92.9 cm³/mol. The van der Waals surface area contributed by atoms with Gasteiger partial charge >= 0.3 is 5.97 Å². The average Bonchev–Trinajstić information content (AvgIpc) is 2.52. The third-order valence-corrected chi connectivity index (χ3v) is 3.47. The number of carbonyl (C=O) groups excluding carboxylic acids is 2. The summed E-state index contributed by atoms with van der Waals surface area (Å²) >= 11 is 11.5. The molecule has 130 valence electrons. The molecule has 0 radical (unpaired) electrons. The second-order valence-corrected chi connectivity index (χ2v) is 5.65. The summed E-state index contributed by atoms with van der Waals surface area (Å²) in [5, 5.41) is 13.7. The van der Waals surface area contributed by atoms with E-state index in [1.807, 2.05) is 0 Å². The average molecular weight is 384 g/mol. The summed E-state index contributed by atoms with van der Waals surface area (Å²) in [5.41, 5.74) is 5.35. The highest BCUT2D eigenvalue weighted by molar-refractivity contribution is 6.31. The van der Waals surface area contributed by atoms with Crippen LogP contribution in [0.5, 0.6) is 0 Å². The number of hydrogen-bond donors (Lipinski definition) is 2. The number of esters is 1. The lowest BCUT2D eigenvalue weighted by Gasteiger charge is -2.09. The van der Waals surface area contributed by atoms with Gasteiger partial charge < -0.3 is 15.8 Å². The molecule has 0 bridgehead atoms. The number of anilines is 2. The first-order valence-electron chi connectivity index (χ1n) is 6.74. The van der Waals surface area contributed by atoms with Crippen LogP contribution in [0.4, 0.5) is 17.1 Å². The molecule has 0 saturated heterocycles. The normalized spacial score (nSPS) is 10.2. The van der Waals surface area contributed by atoms with Gasteiger partial charge in [-0.25, -0.2) is 4.79 Å². The van der Waals surface area contributed by atoms with E-state index in [4.69, 9.17) is 33.7 Å². The van der Waals surface area contributed by atoms with E-state index in [1.54, 1.807) is 0 Å². The van der Waals surface area contributed by atoms with Gasteiger partial charge in [0.2, 0.25) is 0 Å². The molecule has 2 aromatic rings. The zero-order valence-corrected chi connectivity index (χ0v) is 14.0. The third-order valence-electron chi connectivity index (χ3n) is 3.00. The number of rotatable bonds is 5. The van der Waals surface area contributed by atoms with Crippen molar-refractivity contribution in [2.45, 2.75) is 0 Å². The minimum atomic E-state index is -0.829. The van der Waals surface area contributed by atoms with Crippen molar-refractivity contribution in [2.24, 2.45) is 0 Å². The van der Waals surface area contributed by atoms with Gasteiger partial charge in [0.15, 0.2) is 6.61 Å². The fourth-order valence-electron chi connectivity index (χ4n) is 1.88. The van der Waals surface area contributed by atoms with Crippen molar-refractivity contribution in [1.29, 1.82) is 0 Å². The molecule has 0 spiro atoms. The Morgan fingerprint density at radius 3 is 2.44 bits per heavy atom. The molecule has 0 aliphatic carbocycles. The Kier molecular flexibility index (Phi) is 5.79. The number of halogens is 2. The van der Waals surface area contributed by atoms with Gasteiger partial charge in [0.1, 0.15) is 5.69 Å². The Bertz CT molecular complexity index is 857. The van der Waals surface area contributed by atoms with E-state index >= 15 is 0 Å². The standard InChI is InChI=1S/C15H11Cl2N3O5/c16-8-1-3-10(11(18)5-8)15(22)25-7-14(21)19-12-6-9(17)2-4-13(12)20(23)24/h1-6H,7,18H2,(H,19,21). The summed E-state index contributed by atoms with van der Waals surface area (Å²) in [5.74, 6) is -1.60. The Hall–Kier alpha value is -2.84. The van der Waals surface area contributed by atoms with Crippen LogP contribution in [0.1, 0.15) is 10.4 Å². The summed E-state index contributed by atoms with van der Waals surface area (Å²) in [4.78, 5) is 34.0. The number of hydrogen-bond acceptors (Lipinski definition) is 6. The number of amides is 1. The number of nitrogens with two attached hydrogens (primary N) is 1. The zero-order valence-electron chi connectivity index (χ0n) is 12.5. The second kappa shape index (κ2) is 7.82. The molecule has 8 nitrogen and oxygen atoms in total. The van der Waals surface area contributed by atoms with E-state index in [0.29, 0.717) is 5.02 Å². The number of nitrogen functional groups attached to an aromatic ring is 1. The number of ether oxygens (including phenoxy) is 1. The van der Waals surface area contributed by atoms with Crippen LogP contribution < -0.4 is 11.1 Å². The predicted octanol–water partition coefficient (Wildman–Crippen LogP) is 3.28. The van der Waals surface area contributed by atoms with E-state index in [0.717, 1.165) is 6.07 Å². The molecule has 0 aliphatic rings. The molecule has 0 aliphatic heterocycles. The molecule has 0 aromatic heterocycles. The maximum atomic E-state index is 11.9. The van der Waals surface area contributed by atoms with Crippen LogP contribution in [0.15, 0.2) is 36.4 Å². The van der Waals surface area contributed by atoms with Crippen molar-refractivity contribution in [2.75, 3.05) is 17.7 Å². The molecule has 10 heteroatoms. The highest BCUT2D eigenvalue weighted by Gasteiger charge is 2.18. The third kappa shape index (κ3) is 4.82. The highest BCUT2D eigenvalue weighted by atomic mass is 35.5. The Morgan fingerprint density at radius 1 is 1.16 bits per heavy atom. The van der Waals surface area contributed by atoms with Gasteiger partial charge in [-0.2, -0.15) is 0 Å². The van der Waals surface area contributed by atoms with Crippen molar-refractivity contribution in [3.63, 3.8) is 0 Å². The molecular weight excluding hydrogens is 373 g/mol. The van der Waals surface area contributed by atoms with E-state index in [9.17, 15) is 19.7 Å². The summed E-state index contributed by atoms with van der Waals surface area (Å²) in [6.07, 6.45) is 0. The fourth-order valence-corrected chi connectivity index (χ4v) is 2.23. The minimum absolute atomic E-state index is 0.0472. The maximum Gasteiger partial charge on any atom is 0.340 e. The number of nitro groups is 1. The van der Waals surface area contributed by atoms with Crippen molar-refractivity contribution >= 4 is 52.1 Å². The molecule has 0 saturated carbocycles. The van der Waals surface area contributed by atoms with Crippen molar-refractivity contribution in [3.05, 3.63) is 62.1 Å². The smallest absolute Gasteiger partial charge is 0.340 e. The Labute approximate surface area is 151 Å². The van der Waals surface area contributed by atoms with Gasteiger partial charge in [0.05, 0.1) is 10.5 Å². The summed E-state index contributed by atoms with van der Waals surface area (Å²) < 4.78 is 4.84. The van der Waals surface area contributed by atoms with Gasteiger partial charge in [0, 0.05) is 21.8 Å². The molecule has 1 amide bonds. The minimum Gasteiger partial charge on any atom is -0.452 e. The topological polar surface area (TPSA) is 125 Å². The quantitative estimate of drug-likeness (QED) is 0.353. The lowest BCUT2D eigenvalue weighted by atomic mass is 10.2. The summed E-state index contributed by atoms with van der Waals surface area (Å²) in [7, 11) is 0. The SMILES string of the molecule is Nc1cc(Cl)ccc1C(=O)OCC(=O)Nc1cc(Cl)ccc1[N+](=O)[O-]. The van der Waals surface area contributed by atoms with E-state index in [-0.39, 0.29) is 27.6 Å². The molecule has 25 heavy (non-hydrogen) atoms.